The molecule has 0 saturated carbocycles. The molecule has 1 aliphatic heterocycles. The number of rotatable bonds is 5. The molecule has 1 saturated heterocycles. The lowest BCUT2D eigenvalue weighted by atomic mass is 10.1. The highest BCUT2D eigenvalue weighted by atomic mass is 35.5. The van der Waals surface area contributed by atoms with Crippen LogP contribution < -0.4 is 4.90 Å². The minimum atomic E-state index is -4.62. The van der Waals surface area contributed by atoms with E-state index < -0.39 is 17.1 Å². The van der Waals surface area contributed by atoms with Crippen LogP contribution in [0.2, 0.25) is 5.02 Å². The van der Waals surface area contributed by atoms with Crippen molar-refractivity contribution in [3.63, 3.8) is 0 Å². The summed E-state index contributed by atoms with van der Waals surface area (Å²) in [5.41, 5.74) is 0.723. The van der Waals surface area contributed by atoms with Crippen molar-refractivity contribution in [2.75, 3.05) is 31.1 Å². The normalized spacial score (nSPS) is 15.3. The van der Waals surface area contributed by atoms with E-state index in [4.69, 9.17) is 11.6 Å². The Labute approximate surface area is 205 Å². The second-order valence-corrected chi connectivity index (χ2v) is 9.58. The molecular weight excluding hydrogens is 485 g/mol. The summed E-state index contributed by atoms with van der Waals surface area (Å²) < 4.78 is 40.4. The first-order valence-corrected chi connectivity index (χ1v) is 11.9. The molecule has 1 atom stereocenters. The summed E-state index contributed by atoms with van der Waals surface area (Å²) in [5.74, 6) is -0.150. The maximum atomic E-state index is 13.5. The third-order valence-electron chi connectivity index (χ3n) is 5.48. The predicted octanol–water partition coefficient (Wildman–Crippen LogP) is 5.65. The van der Waals surface area contributed by atoms with Crippen LogP contribution in [-0.4, -0.2) is 52.2 Å². The van der Waals surface area contributed by atoms with Gasteiger partial charge in [-0.2, -0.15) is 13.2 Å². The third kappa shape index (κ3) is 5.82. The lowest BCUT2D eigenvalue weighted by Crippen LogP contribution is -2.50. The highest BCUT2D eigenvalue weighted by molar-refractivity contribution is 8.00. The number of carbonyl (C=O) groups excluding carboxylic acids is 1. The van der Waals surface area contributed by atoms with Crippen LogP contribution in [0.3, 0.4) is 0 Å². The fourth-order valence-corrected chi connectivity index (χ4v) is 4.68. The van der Waals surface area contributed by atoms with Gasteiger partial charge in [0.2, 0.25) is 5.91 Å². The Balaban J connectivity index is 1.45. The van der Waals surface area contributed by atoms with Gasteiger partial charge in [-0.25, -0.2) is 9.97 Å². The molecule has 0 radical (unpaired) electrons. The van der Waals surface area contributed by atoms with Crippen LogP contribution in [0.4, 0.5) is 18.9 Å². The number of alkyl halides is 3. The zero-order valence-corrected chi connectivity index (χ0v) is 19.9. The van der Waals surface area contributed by atoms with Gasteiger partial charge in [0, 0.05) is 42.5 Å². The number of hydrogen-bond donors (Lipinski definition) is 0. The van der Waals surface area contributed by atoms with E-state index in [1.54, 1.807) is 42.2 Å². The van der Waals surface area contributed by atoms with Gasteiger partial charge in [-0.05, 0) is 37.3 Å². The molecule has 0 aliphatic carbocycles. The van der Waals surface area contributed by atoms with E-state index in [2.05, 4.69) is 14.9 Å². The van der Waals surface area contributed by atoms with Gasteiger partial charge in [0.05, 0.1) is 10.9 Å². The number of aromatic nitrogens is 2. The SMILES string of the molecule is C[C@@H](Sc1nc(-c2ccccc2)cc(C(F)(F)F)n1)C(=O)N1CCN(c2ccc(Cl)cc2)CC1. The zero-order chi connectivity index (χ0) is 24.3. The van der Waals surface area contributed by atoms with Crippen molar-refractivity contribution in [3.05, 3.63) is 71.4 Å². The first kappa shape index (κ1) is 24.3. The maximum absolute atomic E-state index is 13.5. The van der Waals surface area contributed by atoms with Crippen LogP contribution in [0, 0.1) is 0 Å². The van der Waals surface area contributed by atoms with Crippen LogP contribution in [0.15, 0.2) is 65.8 Å². The first-order chi connectivity index (χ1) is 16.2. The Morgan fingerprint density at radius 1 is 1.00 bits per heavy atom. The van der Waals surface area contributed by atoms with Gasteiger partial charge in [0.1, 0.15) is 5.69 Å². The summed E-state index contributed by atoms with van der Waals surface area (Å²) in [7, 11) is 0. The van der Waals surface area contributed by atoms with Crippen molar-refractivity contribution in [2.45, 2.75) is 23.5 Å². The van der Waals surface area contributed by atoms with Crippen molar-refractivity contribution < 1.29 is 18.0 Å². The number of hydrogen-bond acceptors (Lipinski definition) is 5. The standard InChI is InChI=1S/C24H22ClF3N4OS/c1-16(22(33)32-13-11-31(12-14-32)19-9-7-18(25)8-10-19)34-23-29-20(17-5-3-2-4-6-17)15-21(30-23)24(26,27)28/h2-10,15-16H,11-14H2,1H3/t16-/m1/s1. The number of anilines is 1. The van der Waals surface area contributed by atoms with Crippen LogP contribution in [-0.2, 0) is 11.0 Å². The van der Waals surface area contributed by atoms with Crippen molar-refractivity contribution in [1.29, 1.82) is 0 Å². The molecule has 3 aromatic rings. The second-order valence-electron chi connectivity index (χ2n) is 7.83. The summed E-state index contributed by atoms with van der Waals surface area (Å²) in [6, 6.07) is 17.1. The molecule has 1 aliphatic rings. The van der Waals surface area contributed by atoms with Gasteiger partial charge in [-0.1, -0.05) is 53.7 Å². The summed E-state index contributed by atoms with van der Waals surface area (Å²) in [5, 5.41) is -0.0424. The topological polar surface area (TPSA) is 49.3 Å². The molecule has 4 rings (SSSR count). The molecular formula is C24H22ClF3N4OS. The number of carbonyl (C=O) groups is 1. The number of amides is 1. The summed E-state index contributed by atoms with van der Waals surface area (Å²) in [4.78, 5) is 24.9. The highest BCUT2D eigenvalue weighted by Crippen LogP contribution is 2.33. The van der Waals surface area contributed by atoms with Gasteiger partial charge in [0.15, 0.2) is 5.16 Å². The maximum Gasteiger partial charge on any atom is 0.433 e. The minimum Gasteiger partial charge on any atom is -0.368 e. The van der Waals surface area contributed by atoms with E-state index in [0.717, 1.165) is 23.5 Å². The van der Waals surface area contributed by atoms with Gasteiger partial charge in [-0.15, -0.1) is 0 Å². The van der Waals surface area contributed by atoms with Crippen LogP contribution >= 0.6 is 23.4 Å². The van der Waals surface area contributed by atoms with Crippen LogP contribution in [0.25, 0.3) is 11.3 Å². The smallest absolute Gasteiger partial charge is 0.368 e. The Morgan fingerprint density at radius 3 is 2.26 bits per heavy atom. The van der Waals surface area contributed by atoms with Crippen molar-refractivity contribution in [3.8, 4) is 11.3 Å². The van der Waals surface area contributed by atoms with E-state index >= 15 is 0 Å². The molecule has 1 aromatic heterocycles. The Morgan fingerprint density at radius 2 is 1.65 bits per heavy atom. The Hall–Kier alpha value is -2.78. The predicted molar refractivity (Wildman–Crippen MR) is 128 cm³/mol. The molecule has 0 bridgehead atoms. The number of piperazine rings is 1. The third-order valence-corrected chi connectivity index (χ3v) is 6.68. The van der Waals surface area contributed by atoms with Gasteiger partial charge < -0.3 is 9.80 Å². The lowest BCUT2D eigenvalue weighted by Gasteiger charge is -2.37. The largest absolute Gasteiger partial charge is 0.433 e. The van der Waals surface area contributed by atoms with E-state index in [1.807, 2.05) is 24.3 Å². The van der Waals surface area contributed by atoms with Crippen molar-refractivity contribution in [1.82, 2.24) is 14.9 Å². The van der Waals surface area contributed by atoms with Crippen LogP contribution in [0.1, 0.15) is 12.6 Å². The Bertz CT molecular complexity index is 1140. The summed E-state index contributed by atoms with van der Waals surface area (Å²) in [6.45, 7) is 4.02. The molecule has 0 unspecified atom stereocenters. The molecule has 0 spiro atoms. The molecule has 2 aromatic carbocycles. The lowest BCUT2D eigenvalue weighted by molar-refractivity contribution is -0.141. The Kier molecular flexibility index (Phi) is 7.33. The molecule has 178 valence electrons. The fraction of sp³-hybridized carbons (Fsp3) is 0.292. The van der Waals surface area contributed by atoms with Crippen molar-refractivity contribution >= 4 is 35.0 Å². The van der Waals surface area contributed by atoms with Gasteiger partial charge >= 0.3 is 6.18 Å². The van der Waals surface area contributed by atoms with Crippen molar-refractivity contribution in [2.24, 2.45) is 0 Å². The molecule has 2 heterocycles. The van der Waals surface area contributed by atoms with E-state index in [0.29, 0.717) is 36.8 Å². The zero-order valence-electron chi connectivity index (χ0n) is 18.3. The molecule has 1 amide bonds. The molecule has 10 heteroatoms. The quantitative estimate of drug-likeness (QED) is 0.331. The van der Waals surface area contributed by atoms with Gasteiger partial charge in [0.25, 0.3) is 0 Å². The van der Waals surface area contributed by atoms with E-state index in [9.17, 15) is 18.0 Å². The molecule has 5 nitrogen and oxygen atoms in total. The monoisotopic (exact) mass is 506 g/mol. The molecule has 34 heavy (non-hydrogen) atoms. The van der Waals surface area contributed by atoms with E-state index in [-0.39, 0.29) is 16.8 Å². The summed E-state index contributed by atoms with van der Waals surface area (Å²) >= 11 is 6.89. The number of thioether (sulfide) groups is 1. The molecule has 1 fully saturated rings. The highest BCUT2D eigenvalue weighted by Gasteiger charge is 2.34. The second kappa shape index (κ2) is 10.2. The number of benzene rings is 2. The average molecular weight is 507 g/mol. The minimum absolute atomic E-state index is 0.0747. The average Bonchev–Trinajstić information content (AvgIpc) is 2.84. The number of nitrogens with zero attached hydrogens (tertiary/aromatic N) is 4. The fourth-order valence-electron chi connectivity index (χ4n) is 3.68. The first-order valence-electron chi connectivity index (χ1n) is 10.7. The number of halogens is 4. The van der Waals surface area contributed by atoms with E-state index in [1.165, 1.54) is 0 Å². The van der Waals surface area contributed by atoms with Crippen LogP contribution in [0.5, 0.6) is 0 Å². The summed E-state index contributed by atoms with van der Waals surface area (Å²) in [6.07, 6.45) is -4.62. The van der Waals surface area contributed by atoms with Gasteiger partial charge in [-0.3, -0.25) is 4.79 Å². The molecule has 0 N–H and O–H groups in total.